The summed E-state index contributed by atoms with van der Waals surface area (Å²) in [6, 6.07) is 9.85. The van der Waals surface area contributed by atoms with E-state index < -0.39 is 0 Å². The Bertz CT molecular complexity index is 472. The first-order valence-corrected chi connectivity index (χ1v) is 7.14. The normalized spacial score (nSPS) is 12.6. The lowest BCUT2D eigenvalue weighted by Gasteiger charge is -2.08. The first-order chi connectivity index (χ1) is 8.79. The predicted molar refractivity (Wildman–Crippen MR) is 73.2 cm³/mol. The van der Waals surface area contributed by atoms with Gasteiger partial charge in [0, 0.05) is 12.5 Å². The highest BCUT2D eigenvalue weighted by Crippen LogP contribution is 2.15. The van der Waals surface area contributed by atoms with Crippen LogP contribution in [0.25, 0.3) is 0 Å². The van der Waals surface area contributed by atoms with Crippen LogP contribution in [0, 0.1) is 0 Å². The molecule has 1 atom stereocenters. The number of nitrogens with zero attached hydrogens (tertiary/aromatic N) is 2. The molecule has 0 aliphatic carbocycles. The molecule has 2 N–H and O–H groups in total. The van der Waals surface area contributed by atoms with E-state index in [0.29, 0.717) is 12.3 Å². The zero-order valence-electron chi connectivity index (χ0n) is 10.4. The number of nitrogens with two attached hydrogens (primary N) is 1. The number of hydrogen-bond donors (Lipinski definition) is 1. The molecule has 18 heavy (non-hydrogen) atoms. The minimum Gasteiger partial charge on any atom is -0.339 e. The summed E-state index contributed by atoms with van der Waals surface area (Å²) in [7, 11) is 0. The number of rotatable bonds is 6. The Morgan fingerprint density at radius 3 is 2.83 bits per heavy atom. The molecule has 1 unspecified atom stereocenters. The number of benzene rings is 1. The smallest absolute Gasteiger partial charge is 0.228 e. The van der Waals surface area contributed by atoms with Crippen LogP contribution < -0.4 is 5.73 Å². The molecule has 1 heterocycles. The van der Waals surface area contributed by atoms with Crippen molar-refractivity contribution < 1.29 is 4.52 Å². The van der Waals surface area contributed by atoms with Gasteiger partial charge in [0.15, 0.2) is 5.82 Å². The van der Waals surface area contributed by atoms with Gasteiger partial charge in [0.25, 0.3) is 0 Å². The molecule has 0 spiro atoms. The Hall–Kier alpha value is -1.33. The third-order valence-corrected chi connectivity index (χ3v) is 3.44. The van der Waals surface area contributed by atoms with Crippen LogP contribution in [0.3, 0.4) is 0 Å². The monoisotopic (exact) mass is 263 g/mol. The molecule has 0 aliphatic heterocycles. The standard InChI is InChI=1S/C13H17N3OS/c1-2-18-9-12-15-13(17-16-12)8-11(14)10-6-4-3-5-7-10/h3-7,11H,2,8-9,14H2,1H3. The van der Waals surface area contributed by atoms with Crippen LogP contribution in [-0.2, 0) is 12.2 Å². The predicted octanol–water partition coefficient (Wildman–Crippen LogP) is 2.57. The molecule has 0 saturated heterocycles. The fourth-order valence-corrected chi connectivity index (χ4v) is 2.14. The van der Waals surface area contributed by atoms with Crippen LogP contribution in [-0.4, -0.2) is 15.9 Å². The van der Waals surface area contributed by atoms with Crippen LogP contribution >= 0.6 is 11.8 Å². The van der Waals surface area contributed by atoms with E-state index in [1.165, 1.54) is 0 Å². The summed E-state index contributed by atoms with van der Waals surface area (Å²) in [6.45, 7) is 2.11. The average Bonchev–Trinajstić information content (AvgIpc) is 2.85. The van der Waals surface area contributed by atoms with E-state index in [4.69, 9.17) is 10.3 Å². The Kier molecular flexibility index (Phi) is 4.78. The summed E-state index contributed by atoms with van der Waals surface area (Å²) in [5.41, 5.74) is 7.19. The summed E-state index contributed by atoms with van der Waals surface area (Å²) in [6.07, 6.45) is 0.577. The zero-order valence-corrected chi connectivity index (χ0v) is 11.2. The molecule has 0 saturated carbocycles. The lowest BCUT2D eigenvalue weighted by molar-refractivity contribution is 0.366. The fourth-order valence-electron chi connectivity index (χ4n) is 1.63. The molecule has 0 radical (unpaired) electrons. The molecule has 2 aromatic rings. The van der Waals surface area contributed by atoms with Crippen molar-refractivity contribution in [3.8, 4) is 0 Å². The molecule has 5 heteroatoms. The van der Waals surface area contributed by atoms with Crippen molar-refractivity contribution in [2.45, 2.75) is 25.1 Å². The Labute approximate surface area is 111 Å². The maximum atomic E-state index is 6.10. The molecule has 0 aliphatic rings. The Balaban J connectivity index is 1.95. The summed E-state index contributed by atoms with van der Waals surface area (Å²) in [5, 5.41) is 3.94. The summed E-state index contributed by atoms with van der Waals surface area (Å²) >= 11 is 1.77. The van der Waals surface area contributed by atoms with Crippen LogP contribution in [0.1, 0.15) is 30.2 Å². The van der Waals surface area contributed by atoms with Crippen molar-refractivity contribution in [3.63, 3.8) is 0 Å². The van der Waals surface area contributed by atoms with Gasteiger partial charge in [-0.3, -0.25) is 0 Å². The van der Waals surface area contributed by atoms with E-state index in [2.05, 4.69) is 17.1 Å². The second kappa shape index (κ2) is 6.56. The topological polar surface area (TPSA) is 64.9 Å². The summed E-state index contributed by atoms with van der Waals surface area (Å²) < 4.78 is 5.20. The minimum atomic E-state index is -0.0988. The highest BCUT2D eigenvalue weighted by Gasteiger charge is 2.12. The van der Waals surface area contributed by atoms with Gasteiger partial charge in [-0.25, -0.2) is 0 Å². The average molecular weight is 263 g/mol. The van der Waals surface area contributed by atoms with E-state index in [0.717, 1.165) is 22.9 Å². The maximum Gasteiger partial charge on any atom is 0.228 e. The largest absolute Gasteiger partial charge is 0.339 e. The molecule has 96 valence electrons. The van der Waals surface area contributed by atoms with Gasteiger partial charge in [0.05, 0.1) is 5.75 Å². The molecule has 0 fully saturated rings. The van der Waals surface area contributed by atoms with E-state index >= 15 is 0 Å². The first-order valence-electron chi connectivity index (χ1n) is 5.99. The van der Waals surface area contributed by atoms with Crippen molar-refractivity contribution in [3.05, 3.63) is 47.6 Å². The van der Waals surface area contributed by atoms with Crippen LogP contribution in [0.2, 0.25) is 0 Å². The SMILES string of the molecule is CCSCc1noc(CC(N)c2ccccc2)n1. The molecule has 0 bridgehead atoms. The summed E-state index contributed by atoms with van der Waals surface area (Å²) in [5.74, 6) is 3.20. The van der Waals surface area contributed by atoms with E-state index in [-0.39, 0.29) is 6.04 Å². The van der Waals surface area contributed by atoms with Gasteiger partial charge in [-0.1, -0.05) is 42.4 Å². The van der Waals surface area contributed by atoms with Gasteiger partial charge in [-0.15, -0.1) is 0 Å². The van der Waals surface area contributed by atoms with Gasteiger partial charge in [-0.2, -0.15) is 16.7 Å². The lowest BCUT2D eigenvalue weighted by atomic mass is 10.1. The van der Waals surface area contributed by atoms with E-state index in [1.807, 2.05) is 30.3 Å². The maximum absolute atomic E-state index is 6.10. The van der Waals surface area contributed by atoms with Crippen molar-refractivity contribution in [1.82, 2.24) is 10.1 Å². The highest BCUT2D eigenvalue weighted by molar-refractivity contribution is 7.98. The van der Waals surface area contributed by atoms with Crippen molar-refractivity contribution in [2.75, 3.05) is 5.75 Å². The molecule has 4 nitrogen and oxygen atoms in total. The van der Waals surface area contributed by atoms with Crippen molar-refractivity contribution in [1.29, 1.82) is 0 Å². The van der Waals surface area contributed by atoms with Crippen molar-refractivity contribution in [2.24, 2.45) is 5.73 Å². The van der Waals surface area contributed by atoms with Crippen molar-refractivity contribution >= 4 is 11.8 Å². The van der Waals surface area contributed by atoms with E-state index in [9.17, 15) is 0 Å². The second-order valence-corrected chi connectivity index (χ2v) is 5.24. The number of aromatic nitrogens is 2. The minimum absolute atomic E-state index is 0.0988. The van der Waals surface area contributed by atoms with Gasteiger partial charge in [0.1, 0.15) is 0 Å². The Morgan fingerprint density at radius 1 is 1.33 bits per heavy atom. The van der Waals surface area contributed by atoms with Gasteiger partial charge in [-0.05, 0) is 11.3 Å². The number of hydrogen-bond acceptors (Lipinski definition) is 5. The van der Waals surface area contributed by atoms with Crippen LogP contribution in [0.5, 0.6) is 0 Å². The second-order valence-electron chi connectivity index (χ2n) is 3.96. The van der Waals surface area contributed by atoms with Crippen LogP contribution in [0.15, 0.2) is 34.9 Å². The van der Waals surface area contributed by atoms with Gasteiger partial charge in [0.2, 0.25) is 5.89 Å². The molecular formula is C13H17N3OS. The van der Waals surface area contributed by atoms with Gasteiger partial charge >= 0.3 is 0 Å². The molecule has 0 amide bonds. The summed E-state index contributed by atoms with van der Waals surface area (Å²) in [4.78, 5) is 4.33. The molecule has 2 rings (SSSR count). The third kappa shape index (κ3) is 3.58. The quantitative estimate of drug-likeness (QED) is 0.867. The highest BCUT2D eigenvalue weighted by atomic mass is 32.2. The van der Waals surface area contributed by atoms with Gasteiger partial charge < -0.3 is 10.3 Å². The zero-order chi connectivity index (χ0) is 12.8. The third-order valence-electron chi connectivity index (χ3n) is 2.57. The first kappa shape index (κ1) is 13.1. The number of thioether (sulfide) groups is 1. The van der Waals surface area contributed by atoms with Crippen LogP contribution in [0.4, 0.5) is 0 Å². The molecule has 1 aromatic heterocycles. The fraction of sp³-hybridized carbons (Fsp3) is 0.385. The Morgan fingerprint density at radius 2 is 2.11 bits per heavy atom. The van der Waals surface area contributed by atoms with E-state index in [1.54, 1.807) is 11.8 Å². The lowest BCUT2D eigenvalue weighted by Crippen LogP contribution is -2.13. The molecular weight excluding hydrogens is 246 g/mol. The molecule has 1 aromatic carbocycles.